The lowest BCUT2D eigenvalue weighted by atomic mass is 10.1. The third kappa shape index (κ3) is 3.97. The maximum absolute atomic E-state index is 14.2. The number of nitrogens with zero attached hydrogens (tertiary/aromatic N) is 1. The molecule has 21 heavy (non-hydrogen) atoms. The summed E-state index contributed by atoms with van der Waals surface area (Å²) in [5, 5.41) is 0. The van der Waals surface area contributed by atoms with E-state index in [1.165, 1.54) is 7.11 Å². The Labute approximate surface area is 129 Å². The molecular formula is C16H19ClFNO2. The van der Waals surface area contributed by atoms with Crippen molar-refractivity contribution in [3.05, 3.63) is 41.7 Å². The summed E-state index contributed by atoms with van der Waals surface area (Å²) in [5.74, 6) is -0.187. The molecule has 2 rings (SSSR count). The van der Waals surface area contributed by atoms with Crippen molar-refractivity contribution in [3.8, 4) is 5.75 Å². The number of methoxy groups -OCH3 is 1. The number of ether oxygens (including phenoxy) is 1. The Bertz CT molecular complexity index is 533. The van der Waals surface area contributed by atoms with Gasteiger partial charge in [0.1, 0.15) is 5.88 Å². The van der Waals surface area contributed by atoms with Gasteiger partial charge >= 0.3 is 0 Å². The molecule has 1 aromatic carbocycles. The van der Waals surface area contributed by atoms with Gasteiger partial charge in [-0.1, -0.05) is 24.3 Å². The van der Waals surface area contributed by atoms with Gasteiger partial charge in [0.15, 0.2) is 11.6 Å². The second-order valence-electron chi connectivity index (χ2n) is 5.11. The Hall–Kier alpha value is -1.55. The number of hydrogen-bond acceptors (Lipinski definition) is 2. The van der Waals surface area contributed by atoms with Crippen LogP contribution >= 0.6 is 11.6 Å². The van der Waals surface area contributed by atoms with Gasteiger partial charge in [0.2, 0.25) is 5.91 Å². The highest BCUT2D eigenvalue weighted by Crippen LogP contribution is 2.23. The largest absolute Gasteiger partial charge is 0.494 e. The van der Waals surface area contributed by atoms with Crippen LogP contribution < -0.4 is 4.74 Å². The van der Waals surface area contributed by atoms with E-state index in [-0.39, 0.29) is 24.1 Å². The molecule has 0 fully saturated rings. The monoisotopic (exact) mass is 311 g/mol. The molecule has 1 aromatic rings. The summed E-state index contributed by atoms with van der Waals surface area (Å²) in [6.07, 6.45) is 6.27. The van der Waals surface area contributed by atoms with Crippen LogP contribution in [0.25, 0.3) is 0 Å². The highest BCUT2D eigenvalue weighted by Gasteiger charge is 2.20. The standard InChI is InChI=1S/C16H19ClFNO2/c1-21-14-8-4-7-13(16(14)18)11-19(15(20)9-17)10-12-5-2-3-6-12/h2,4-5,7-8,12H,3,6,9-11H2,1H3. The minimum absolute atomic E-state index is 0.0952. The summed E-state index contributed by atoms with van der Waals surface area (Å²) in [4.78, 5) is 13.6. The topological polar surface area (TPSA) is 29.5 Å². The molecule has 1 unspecified atom stereocenters. The van der Waals surface area contributed by atoms with Crippen molar-refractivity contribution in [3.63, 3.8) is 0 Å². The third-order valence-electron chi connectivity index (χ3n) is 3.66. The number of carbonyl (C=O) groups is 1. The number of benzene rings is 1. The number of allylic oxidation sites excluding steroid dienone is 1. The van der Waals surface area contributed by atoms with E-state index in [1.54, 1.807) is 23.1 Å². The molecule has 0 saturated heterocycles. The molecule has 1 amide bonds. The van der Waals surface area contributed by atoms with Crippen molar-refractivity contribution < 1.29 is 13.9 Å². The molecule has 0 radical (unpaired) electrons. The SMILES string of the molecule is COc1cccc(CN(CC2C=CCC2)C(=O)CCl)c1F. The van der Waals surface area contributed by atoms with Crippen LogP contribution in [0, 0.1) is 11.7 Å². The van der Waals surface area contributed by atoms with Crippen LogP contribution in [-0.4, -0.2) is 30.3 Å². The van der Waals surface area contributed by atoms with E-state index < -0.39 is 5.82 Å². The molecule has 0 saturated carbocycles. The molecule has 1 atom stereocenters. The molecule has 114 valence electrons. The lowest BCUT2D eigenvalue weighted by Gasteiger charge is -2.25. The number of halogens is 2. The van der Waals surface area contributed by atoms with Crippen molar-refractivity contribution in [2.45, 2.75) is 19.4 Å². The molecular weight excluding hydrogens is 293 g/mol. The Morgan fingerprint density at radius 3 is 2.95 bits per heavy atom. The van der Waals surface area contributed by atoms with Gasteiger partial charge in [-0.15, -0.1) is 11.6 Å². The maximum atomic E-state index is 14.2. The van der Waals surface area contributed by atoms with E-state index in [4.69, 9.17) is 16.3 Å². The number of hydrogen-bond donors (Lipinski definition) is 0. The summed E-state index contributed by atoms with van der Waals surface area (Å²) in [5.41, 5.74) is 0.440. The predicted octanol–water partition coefficient (Wildman–Crippen LogP) is 3.37. The molecule has 0 spiro atoms. The van der Waals surface area contributed by atoms with Crippen LogP contribution in [0.4, 0.5) is 4.39 Å². The van der Waals surface area contributed by atoms with E-state index in [1.807, 2.05) is 0 Å². The fraction of sp³-hybridized carbons (Fsp3) is 0.438. The van der Waals surface area contributed by atoms with Gasteiger partial charge in [0.25, 0.3) is 0 Å². The predicted molar refractivity (Wildman–Crippen MR) is 81.0 cm³/mol. The first-order valence-corrected chi connectivity index (χ1v) is 7.51. The minimum Gasteiger partial charge on any atom is -0.494 e. The summed E-state index contributed by atoms with van der Waals surface area (Å²) < 4.78 is 19.2. The normalized spacial score (nSPS) is 17.0. The van der Waals surface area contributed by atoms with Crippen LogP contribution in [0.3, 0.4) is 0 Å². The average molecular weight is 312 g/mol. The van der Waals surface area contributed by atoms with Crippen molar-refractivity contribution in [1.29, 1.82) is 0 Å². The Morgan fingerprint density at radius 2 is 2.33 bits per heavy atom. The summed E-state index contributed by atoms with van der Waals surface area (Å²) in [6, 6.07) is 4.94. The zero-order valence-electron chi connectivity index (χ0n) is 12.0. The fourth-order valence-corrected chi connectivity index (χ4v) is 2.68. The van der Waals surface area contributed by atoms with Crippen LogP contribution in [0.2, 0.25) is 0 Å². The van der Waals surface area contributed by atoms with Crippen molar-refractivity contribution in [2.75, 3.05) is 19.5 Å². The summed E-state index contributed by atoms with van der Waals surface area (Å²) in [7, 11) is 1.42. The summed E-state index contributed by atoms with van der Waals surface area (Å²) >= 11 is 5.67. The van der Waals surface area contributed by atoms with Crippen LogP contribution in [0.15, 0.2) is 30.4 Å². The van der Waals surface area contributed by atoms with Crippen LogP contribution in [-0.2, 0) is 11.3 Å². The molecule has 0 aliphatic heterocycles. The summed E-state index contributed by atoms with van der Waals surface area (Å²) in [6.45, 7) is 0.775. The van der Waals surface area contributed by atoms with Gasteiger partial charge in [-0.05, 0) is 24.8 Å². The molecule has 0 N–H and O–H groups in total. The molecule has 1 aliphatic carbocycles. The number of alkyl halides is 1. The zero-order valence-corrected chi connectivity index (χ0v) is 12.8. The van der Waals surface area contributed by atoms with Crippen molar-refractivity contribution in [1.82, 2.24) is 4.90 Å². The molecule has 0 bridgehead atoms. The molecule has 5 heteroatoms. The third-order valence-corrected chi connectivity index (χ3v) is 3.89. The Morgan fingerprint density at radius 1 is 1.52 bits per heavy atom. The van der Waals surface area contributed by atoms with Gasteiger partial charge in [-0.3, -0.25) is 4.79 Å². The first-order valence-electron chi connectivity index (χ1n) is 6.97. The van der Waals surface area contributed by atoms with Crippen LogP contribution in [0.1, 0.15) is 18.4 Å². The van der Waals surface area contributed by atoms with Gasteiger partial charge in [-0.2, -0.15) is 0 Å². The highest BCUT2D eigenvalue weighted by molar-refractivity contribution is 6.27. The van der Waals surface area contributed by atoms with E-state index >= 15 is 0 Å². The lowest BCUT2D eigenvalue weighted by molar-refractivity contribution is -0.129. The van der Waals surface area contributed by atoms with E-state index in [0.29, 0.717) is 18.0 Å². The van der Waals surface area contributed by atoms with E-state index in [9.17, 15) is 9.18 Å². The van der Waals surface area contributed by atoms with Gasteiger partial charge in [0, 0.05) is 18.7 Å². The first-order chi connectivity index (χ1) is 10.2. The molecule has 1 aliphatic rings. The number of carbonyl (C=O) groups excluding carboxylic acids is 1. The molecule has 0 heterocycles. The van der Waals surface area contributed by atoms with Crippen molar-refractivity contribution >= 4 is 17.5 Å². The zero-order chi connectivity index (χ0) is 15.2. The highest BCUT2D eigenvalue weighted by atomic mass is 35.5. The Balaban J connectivity index is 2.14. The Kier molecular flexibility index (Phi) is 5.62. The second kappa shape index (κ2) is 7.46. The number of rotatable bonds is 6. The van der Waals surface area contributed by atoms with Gasteiger partial charge < -0.3 is 9.64 Å². The average Bonchev–Trinajstić information content (AvgIpc) is 3.00. The van der Waals surface area contributed by atoms with Gasteiger partial charge in [0.05, 0.1) is 7.11 Å². The van der Waals surface area contributed by atoms with Crippen LogP contribution in [0.5, 0.6) is 5.75 Å². The number of amides is 1. The first kappa shape index (κ1) is 15.8. The second-order valence-corrected chi connectivity index (χ2v) is 5.37. The molecule has 3 nitrogen and oxygen atoms in total. The minimum atomic E-state index is -0.422. The van der Waals surface area contributed by atoms with E-state index in [0.717, 1.165) is 12.8 Å². The van der Waals surface area contributed by atoms with Crippen molar-refractivity contribution in [2.24, 2.45) is 5.92 Å². The quantitative estimate of drug-likeness (QED) is 0.595. The van der Waals surface area contributed by atoms with E-state index in [2.05, 4.69) is 12.2 Å². The maximum Gasteiger partial charge on any atom is 0.237 e. The smallest absolute Gasteiger partial charge is 0.237 e. The molecule has 0 aromatic heterocycles. The van der Waals surface area contributed by atoms with Gasteiger partial charge in [-0.25, -0.2) is 4.39 Å². The lowest BCUT2D eigenvalue weighted by Crippen LogP contribution is -2.35. The fourth-order valence-electron chi connectivity index (χ4n) is 2.51.